The molecule has 0 saturated carbocycles. The first-order valence-corrected chi connectivity index (χ1v) is 7.39. The fraction of sp³-hybridized carbons (Fsp3) is 0.188. The van der Waals surface area contributed by atoms with E-state index in [-0.39, 0.29) is 16.6 Å². The Bertz CT molecular complexity index is 798. The molecule has 0 saturated heterocycles. The lowest BCUT2D eigenvalue weighted by atomic mass is 10.1. The molecule has 0 heterocycles. The molecule has 0 radical (unpaired) electrons. The van der Waals surface area contributed by atoms with Crippen molar-refractivity contribution in [1.29, 1.82) is 0 Å². The summed E-state index contributed by atoms with van der Waals surface area (Å²) in [6.07, 6.45) is 0. The number of Topliss-reactive ketones (excluding diaryl/α,β-unsaturated/α-hetero) is 1. The van der Waals surface area contributed by atoms with Crippen molar-refractivity contribution in [1.82, 2.24) is 0 Å². The molecule has 0 atom stereocenters. The largest absolute Gasteiger partial charge is 0.508 e. The van der Waals surface area contributed by atoms with E-state index in [0.29, 0.717) is 12.1 Å². The average molecular weight is 412 g/mol. The summed E-state index contributed by atoms with van der Waals surface area (Å²) in [5.74, 6) is -5.35. The molecule has 0 aliphatic rings. The second-order valence-electron chi connectivity index (χ2n) is 4.44. The highest BCUT2D eigenvalue weighted by Crippen LogP contribution is 2.22. The van der Waals surface area contributed by atoms with Crippen molar-refractivity contribution >= 4 is 21.7 Å². The maximum atomic E-state index is 13.2. The van der Waals surface area contributed by atoms with Gasteiger partial charge in [0.15, 0.2) is 5.78 Å². The van der Waals surface area contributed by atoms with Gasteiger partial charge in [0.2, 0.25) is 0 Å². The molecule has 2 rings (SSSR count). The number of hydrogen-bond donors (Lipinski definition) is 1. The number of hydrogen-bond acceptors (Lipinski definition) is 3. The van der Waals surface area contributed by atoms with Crippen molar-refractivity contribution in [2.75, 3.05) is 7.04 Å². The predicted octanol–water partition coefficient (Wildman–Crippen LogP) is 4.74. The van der Waals surface area contributed by atoms with Crippen LogP contribution in [0.1, 0.15) is 27.0 Å². The van der Waals surface area contributed by atoms with Crippen molar-refractivity contribution in [3.8, 4) is 11.5 Å². The van der Waals surface area contributed by atoms with Gasteiger partial charge in [0.05, 0.1) is 16.7 Å². The molecule has 0 aliphatic heterocycles. The van der Waals surface area contributed by atoms with Crippen molar-refractivity contribution in [3.05, 3.63) is 58.7 Å². The third kappa shape index (κ3) is 4.95. The summed E-state index contributed by atoms with van der Waals surface area (Å²) in [7, 11) is -2.71. The molecule has 0 spiro atoms. The van der Waals surface area contributed by atoms with Crippen LogP contribution >= 0.6 is 15.9 Å². The smallest absolute Gasteiger partial charge is 0.165 e. The van der Waals surface area contributed by atoms with E-state index >= 15 is 0 Å². The number of benzene rings is 2. The van der Waals surface area contributed by atoms with E-state index in [1.165, 1.54) is 0 Å². The lowest BCUT2D eigenvalue weighted by Crippen LogP contribution is -2.00. The molecule has 0 unspecified atom stereocenters. The molecule has 8 heteroatoms. The lowest BCUT2D eigenvalue weighted by Gasteiger charge is -2.04. The summed E-state index contributed by atoms with van der Waals surface area (Å²) < 4.78 is 76.5. The zero-order valence-electron chi connectivity index (χ0n) is 15.2. The van der Waals surface area contributed by atoms with E-state index in [1.807, 2.05) is 0 Å². The van der Waals surface area contributed by atoms with Crippen molar-refractivity contribution < 1.29 is 36.3 Å². The van der Waals surface area contributed by atoms with E-state index in [4.69, 9.17) is 9.22 Å². The van der Waals surface area contributed by atoms with Gasteiger partial charge in [-0.15, -0.1) is 0 Å². The van der Waals surface area contributed by atoms with Crippen LogP contribution < -0.4 is 4.74 Å². The Balaban J connectivity index is 0.000000277. The molecule has 0 aliphatic carbocycles. The first-order chi connectivity index (χ1) is 12.4. The second-order valence-corrected chi connectivity index (χ2v) is 5.00. The molecular formula is C16H13BrF4O3. The first kappa shape index (κ1) is 15.4. The summed E-state index contributed by atoms with van der Waals surface area (Å²) >= 11 is 2.91. The zero-order chi connectivity index (χ0) is 20.9. The number of carbonyl (C=O) groups is 1. The normalized spacial score (nSPS) is 12.3. The highest BCUT2D eigenvalue weighted by Gasteiger charge is 2.14. The van der Waals surface area contributed by atoms with Crippen LogP contribution in [0.5, 0.6) is 11.5 Å². The minimum atomic E-state index is -2.71. The van der Waals surface area contributed by atoms with Crippen LogP contribution in [0.2, 0.25) is 0 Å². The zero-order valence-corrected chi connectivity index (χ0v) is 13.8. The maximum absolute atomic E-state index is 13.2. The number of phenolic OH excluding ortho intramolecular Hbond substituents is 1. The van der Waals surface area contributed by atoms with Crippen molar-refractivity contribution in [2.45, 2.75) is 12.3 Å². The Morgan fingerprint density at radius 2 is 1.62 bits per heavy atom. The Morgan fingerprint density at radius 1 is 1.12 bits per heavy atom. The molecule has 24 heavy (non-hydrogen) atoms. The number of alkyl halides is 1. The molecule has 0 aromatic heterocycles. The molecule has 0 fully saturated rings. The molecule has 1 N–H and O–H groups in total. The topological polar surface area (TPSA) is 46.5 Å². The van der Waals surface area contributed by atoms with E-state index in [9.17, 15) is 22.4 Å². The number of ketones is 1. The average Bonchev–Trinajstić information content (AvgIpc) is 2.43. The Hall–Kier alpha value is -2.09. The summed E-state index contributed by atoms with van der Waals surface area (Å²) in [4.78, 5) is 10.6. The van der Waals surface area contributed by atoms with Gasteiger partial charge in [-0.3, -0.25) is 4.79 Å². The molecular weight excluding hydrogens is 396 g/mol. The number of rotatable bonds is 3. The van der Waals surface area contributed by atoms with Gasteiger partial charge in [-0.2, -0.15) is 0 Å². The first-order valence-electron chi connectivity index (χ1n) is 7.77. The number of methoxy groups -OCH3 is 1. The second kappa shape index (κ2) is 8.68. The highest BCUT2D eigenvalue weighted by atomic mass is 79.9. The van der Waals surface area contributed by atoms with Gasteiger partial charge in [-0.05, 0) is 6.92 Å². The monoisotopic (exact) mass is 411 g/mol. The van der Waals surface area contributed by atoms with Crippen LogP contribution in [-0.4, -0.2) is 17.9 Å². The number of ether oxygens (including phenoxy) is 1. The number of carbonyl (C=O) groups excluding carboxylic acids is 1. The molecule has 3 nitrogen and oxygen atoms in total. The van der Waals surface area contributed by atoms with Gasteiger partial charge < -0.3 is 9.84 Å². The van der Waals surface area contributed by atoms with Gasteiger partial charge in [-0.25, -0.2) is 17.6 Å². The fourth-order valence-electron chi connectivity index (χ4n) is 1.66. The van der Waals surface area contributed by atoms with Gasteiger partial charge >= 0.3 is 0 Å². The molecule has 130 valence electrons. The fourth-order valence-corrected chi connectivity index (χ4v) is 2.20. The molecule has 0 bridgehead atoms. The van der Waals surface area contributed by atoms with Crippen LogP contribution in [-0.2, 0) is 5.33 Å². The predicted molar refractivity (Wildman–Crippen MR) is 83.6 cm³/mol. The van der Waals surface area contributed by atoms with E-state index in [0.717, 1.165) is 19.1 Å². The molecule has 2 aromatic rings. The Labute approximate surface area is 148 Å². The van der Waals surface area contributed by atoms with Crippen LogP contribution in [0.25, 0.3) is 0 Å². The minimum absolute atomic E-state index is 0.0126. The summed E-state index contributed by atoms with van der Waals surface area (Å²) in [5.41, 5.74) is -0.777. The third-order valence-corrected chi connectivity index (χ3v) is 3.31. The SMILES string of the molecule is CC(=O)c1c(F)cc(O)cc1F.[2H]C([2H])([2H])Oc1cc(F)c(CBr)c(F)c1. The minimum Gasteiger partial charge on any atom is -0.508 e. The maximum Gasteiger partial charge on any atom is 0.165 e. The quantitative estimate of drug-likeness (QED) is 0.450. The lowest BCUT2D eigenvalue weighted by molar-refractivity contribution is 0.100. The van der Waals surface area contributed by atoms with E-state index < -0.39 is 47.4 Å². The Kier molecular flexibility index (Phi) is 5.58. The summed E-state index contributed by atoms with van der Waals surface area (Å²) in [5, 5.41) is 8.72. The van der Waals surface area contributed by atoms with Crippen molar-refractivity contribution in [3.63, 3.8) is 0 Å². The van der Waals surface area contributed by atoms with Crippen LogP contribution in [0.4, 0.5) is 17.6 Å². The third-order valence-electron chi connectivity index (χ3n) is 2.74. The van der Waals surface area contributed by atoms with E-state index in [1.54, 1.807) is 0 Å². The Morgan fingerprint density at radius 3 is 2.00 bits per heavy atom. The van der Waals surface area contributed by atoms with Crippen LogP contribution in [0.3, 0.4) is 0 Å². The standard InChI is InChI=1S/C8H7BrF2O.C8H6F2O2/c1-12-5-2-7(10)6(4-9)8(11)3-5;1-4(11)8-6(9)2-5(12)3-7(8)10/h2-3H,4H2,1H3;2-3,12H,1H3/i1D3;. The summed E-state index contributed by atoms with van der Waals surface area (Å²) in [6.45, 7) is 1.05. The van der Waals surface area contributed by atoms with Crippen LogP contribution in [0, 0.1) is 23.3 Å². The van der Waals surface area contributed by atoms with Gasteiger partial charge in [0, 0.05) is 35.2 Å². The van der Waals surface area contributed by atoms with E-state index in [2.05, 4.69) is 20.7 Å². The number of halogens is 5. The summed E-state index contributed by atoms with van der Waals surface area (Å²) in [6, 6.07) is 3.07. The molecule has 0 amide bonds. The number of aromatic hydroxyl groups is 1. The number of phenols is 1. The molecule has 2 aromatic carbocycles. The van der Waals surface area contributed by atoms with Gasteiger partial charge in [0.25, 0.3) is 0 Å². The van der Waals surface area contributed by atoms with Crippen molar-refractivity contribution in [2.24, 2.45) is 0 Å². The van der Waals surface area contributed by atoms with Gasteiger partial charge in [0.1, 0.15) is 34.8 Å². The van der Waals surface area contributed by atoms with Crippen LogP contribution in [0.15, 0.2) is 24.3 Å². The van der Waals surface area contributed by atoms with Gasteiger partial charge in [-0.1, -0.05) is 15.9 Å². The highest BCUT2D eigenvalue weighted by molar-refractivity contribution is 9.08.